The zero-order valence-electron chi connectivity index (χ0n) is 5.26. The van der Waals surface area contributed by atoms with Gasteiger partial charge in [-0.2, -0.15) is 30.7 Å². The van der Waals surface area contributed by atoms with Crippen molar-refractivity contribution in [2.45, 2.75) is 17.4 Å². The number of hydrogen-bond acceptors (Lipinski definition) is 1. The average molecular weight is 215 g/mol. The molecule has 0 rings (SSSR count). The largest absolute Gasteiger partial charge is 0.460 e. The molecule has 0 saturated heterocycles. The van der Waals surface area contributed by atoms with Gasteiger partial charge in [0.2, 0.25) is 0 Å². The van der Waals surface area contributed by atoms with Gasteiger partial charge in [-0.25, -0.2) is 0 Å². The summed E-state index contributed by atoms with van der Waals surface area (Å²) in [5.41, 5.74) is 0. The predicted octanol–water partition coefficient (Wildman–Crippen LogP) is 3.30. The van der Waals surface area contributed by atoms with Crippen LogP contribution in [0.5, 0.6) is 0 Å². The van der Waals surface area contributed by atoms with Crippen molar-refractivity contribution < 1.29 is 30.7 Å². The Morgan fingerprint density at radius 3 is 1.25 bits per heavy atom. The number of halogens is 7. The Morgan fingerprint density at radius 1 is 0.833 bits per heavy atom. The molecule has 0 aromatic rings. The summed E-state index contributed by atoms with van der Waals surface area (Å²) in [5.74, 6) is -6.05. The first kappa shape index (κ1) is 11.9. The van der Waals surface area contributed by atoms with Gasteiger partial charge in [0.25, 0.3) is 0 Å². The summed E-state index contributed by atoms with van der Waals surface area (Å²) < 4.78 is 81.0. The van der Waals surface area contributed by atoms with Gasteiger partial charge in [-0.3, -0.25) is 0 Å². The second-order valence-electron chi connectivity index (χ2n) is 1.73. The third-order valence-electron chi connectivity index (χ3n) is 0.903. The second-order valence-corrected chi connectivity index (χ2v) is 2.53. The Bertz CT molecular complexity index is 159. The maximum absolute atomic E-state index is 11.9. The van der Waals surface area contributed by atoms with Gasteiger partial charge in [0.05, 0.1) is 0 Å². The molecule has 0 aliphatic heterocycles. The lowest BCUT2D eigenvalue weighted by atomic mass is 10.3. The van der Waals surface area contributed by atoms with E-state index < -0.39 is 29.1 Å². The Hall–Kier alpha value is -0.140. The molecule has 0 amide bonds. The summed E-state index contributed by atoms with van der Waals surface area (Å²) in [6.07, 6.45) is -4.04. The minimum Gasteiger partial charge on any atom is -0.188 e. The van der Waals surface area contributed by atoms with Crippen LogP contribution in [-0.4, -0.2) is 17.4 Å². The van der Waals surface area contributed by atoms with Gasteiger partial charge in [0.1, 0.15) is 0 Å². The maximum atomic E-state index is 11.9. The number of hydrogen-bond donors (Lipinski definition) is 0. The minimum absolute atomic E-state index is 1.09. The van der Waals surface area contributed by atoms with Gasteiger partial charge >= 0.3 is 17.4 Å². The van der Waals surface area contributed by atoms with Crippen molar-refractivity contribution in [1.29, 1.82) is 0 Å². The molecule has 0 aromatic carbocycles. The Morgan fingerprint density at radius 2 is 1.17 bits per heavy atom. The molecule has 0 spiro atoms. The van der Waals surface area contributed by atoms with Crippen LogP contribution in [0.4, 0.5) is 30.7 Å². The van der Waals surface area contributed by atoms with Crippen LogP contribution >= 0.6 is 11.8 Å². The molecule has 0 N–H and O–H groups in total. The van der Waals surface area contributed by atoms with Crippen LogP contribution in [-0.2, 0) is 0 Å². The zero-order valence-corrected chi connectivity index (χ0v) is 6.08. The van der Waals surface area contributed by atoms with Crippen molar-refractivity contribution in [3.05, 3.63) is 6.26 Å². The molecule has 0 aliphatic rings. The SMILES string of the molecule is [CH2]SC(F)(F)C(F)(F)C(F)(F)F. The summed E-state index contributed by atoms with van der Waals surface area (Å²) in [7, 11) is 0. The fourth-order valence-corrected chi connectivity index (χ4v) is 0.553. The van der Waals surface area contributed by atoms with Crippen LogP contribution in [0, 0.1) is 6.26 Å². The van der Waals surface area contributed by atoms with Gasteiger partial charge in [0.15, 0.2) is 0 Å². The van der Waals surface area contributed by atoms with Gasteiger partial charge in [0, 0.05) is 6.26 Å². The van der Waals surface area contributed by atoms with E-state index in [9.17, 15) is 30.7 Å². The molecule has 0 unspecified atom stereocenters. The lowest BCUT2D eigenvalue weighted by molar-refractivity contribution is -0.330. The highest BCUT2D eigenvalue weighted by Crippen LogP contribution is 2.51. The molecule has 0 bridgehead atoms. The van der Waals surface area contributed by atoms with Crippen LogP contribution in [0.2, 0.25) is 0 Å². The summed E-state index contributed by atoms with van der Waals surface area (Å²) in [5, 5.41) is -5.23. The maximum Gasteiger partial charge on any atom is 0.460 e. The molecule has 8 heteroatoms. The van der Waals surface area contributed by atoms with Gasteiger partial charge in [-0.15, -0.1) is 0 Å². The van der Waals surface area contributed by atoms with E-state index in [0.717, 1.165) is 0 Å². The molecule has 0 fully saturated rings. The van der Waals surface area contributed by atoms with Crippen LogP contribution in [0.15, 0.2) is 0 Å². The van der Waals surface area contributed by atoms with Crippen LogP contribution in [0.1, 0.15) is 0 Å². The van der Waals surface area contributed by atoms with E-state index in [1.54, 1.807) is 0 Å². The van der Waals surface area contributed by atoms with Crippen molar-refractivity contribution in [2.24, 2.45) is 0 Å². The van der Waals surface area contributed by atoms with Crippen molar-refractivity contribution in [3.63, 3.8) is 0 Å². The first-order valence-electron chi connectivity index (χ1n) is 2.32. The number of alkyl halides is 7. The molecule has 0 saturated carbocycles. The van der Waals surface area contributed by atoms with E-state index in [1.165, 1.54) is 0 Å². The first-order chi connectivity index (χ1) is 5.06. The standard InChI is InChI=1S/C4H2F7S/c1-12-4(10,11)2(5,6)3(7,8)9/h1H2. The Labute approximate surface area is 67.1 Å². The highest BCUT2D eigenvalue weighted by molar-refractivity contribution is 8.01. The van der Waals surface area contributed by atoms with Crippen molar-refractivity contribution in [2.75, 3.05) is 0 Å². The Balaban J connectivity index is 4.85. The van der Waals surface area contributed by atoms with Gasteiger partial charge in [-0.05, 0) is 0 Å². The molecular formula is C4H2F7S. The van der Waals surface area contributed by atoms with Crippen LogP contribution < -0.4 is 0 Å². The first-order valence-corrected chi connectivity index (χ1v) is 3.30. The highest BCUT2D eigenvalue weighted by atomic mass is 32.2. The van der Waals surface area contributed by atoms with Crippen molar-refractivity contribution in [3.8, 4) is 0 Å². The highest BCUT2D eigenvalue weighted by Gasteiger charge is 2.72. The third-order valence-corrected chi connectivity index (χ3v) is 1.52. The summed E-state index contributed by atoms with van der Waals surface area (Å²) in [4.78, 5) is 0. The molecular weight excluding hydrogens is 213 g/mol. The summed E-state index contributed by atoms with van der Waals surface area (Å²) in [6, 6.07) is 0. The van der Waals surface area contributed by atoms with Crippen LogP contribution in [0.25, 0.3) is 0 Å². The fraction of sp³-hybridized carbons (Fsp3) is 0.750. The minimum atomic E-state index is -6.26. The number of thioether (sulfide) groups is 1. The molecule has 0 atom stereocenters. The van der Waals surface area contributed by atoms with Gasteiger partial charge in [-0.1, -0.05) is 11.8 Å². The lowest BCUT2D eigenvalue weighted by Crippen LogP contribution is -2.49. The smallest absolute Gasteiger partial charge is 0.188 e. The van der Waals surface area contributed by atoms with E-state index >= 15 is 0 Å². The van der Waals surface area contributed by atoms with E-state index in [0.29, 0.717) is 0 Å². The quantitative estimate of drug-likeness (QED) is 0.637. The fourth-order valence-electron chi connectivity index (χ4n) is 0.256. The van der Waals surface area contributed by atoms with E-state index in [2.05, 4.69) is 6.26 Å². The van der Waals surface area contributed by atoms with Crippen LogP contribution in [0.3, 0.4) is 0 Å². The molecule has 0 nitrogen and oxygen atoms in total. The lowest BCUT2D eigenvalue weighted by Gasteiger charge is -2.26. The normalized spacial score (nSPS) is 15.0. The molecule has 12 heavy (non-hydrogen) atoms. The summed E-state index contributed by atoms with van der Waals surface area (Å²) >= 11 is -1.09. The number of rotatable bonds is 2. The predicted molar refractivity (Wildman–Crippen MR) is 28.9 cm³/mol. The van der Waals surface area contributed by atoms with E-state index in [-0.39, 0.29) is 0 Å². The van der Waals surface area contributed by atoms with E-state index in [1.807, 2.05) is 0 Å². The van der Waals surface area contributed by atoms with Crippen molar-refractivity contribution in [1.82, 2.24) is 0 Å². The molecule has 73 valence electrons. The monoisotopic (exact) mass is 215 g/mol. The summed E-state index contributed by atoms with van der Waals surface area (Å²) in [6.45, 7) is 0. The van der Waals surface area contributed by atoms with E-state index in [4.69, 9.17) is 0 Å². The second kappa shape index (κ2) is 2.97. The average Bonchev–Trinajstić information content (AvgIpc) is 1.85. The zero-order chi connectivity index (χ0) is 10.2. The molecule has 1 radical (unpaired) electrons. The topological polar surface area (TPSA) is 0 Å². The molecule has 0 aliphatic carbocycles. The molecule has 0 aromatic heterocycles. The third kappa shape index (κ3) is 1.78. The Kier molecular flexibility index (Phi) is 2.93. The van der Waals surface area contributed by atoms with Crippen molar-refractivity contribution >= 4 is 11.8 Å². The van der Waals surface area contributed by atoms with Gasteiger partial charge < -0.3 is 0 Å². The molecule has 0 heterocycles.